The number of rotatable bonds is 6. The second kappa shape index (κ2) is 8.71. The van der Waals surface area contributed by atoms with E-state index in [1.165, 1.54) is 18.2 Å². The Hall–Kier alpha value is -4.24. The van der Waals surface area contributed by atoms with Gasteiger partial charge in [-0.1, -0.05) is 41.6 Å². The number of nitrogens with zero attached hydrogens (tertiary/aromatic N) is 2. The van der Waals surface area contributed by atoms with Crippen LogP contribution in [0.2, 0.25) is 0 Å². The summed E-state index contributed by atoms with van der Waals surface area (Å²) in [5.74, 6) is -2.32. The molecule has 0 aromatic heterocycles. The molecule has 0 heterocycles. The van der Waals surface area contributed by atoms with Crippen molar-refractivity contribution in [2.24, 2.45) is 5.16 Å². The first-order valence-corrected chi connectivity index (χ1v) is 10.3. The van der Waals surface area contributed by atoms with E-state index in [1.54, 1.807) is 18.2 Å². The molecule has 0 radical (unpaired) electrons. The lowest BCUT2D eigenvalue weighted by Crippen LogP contribution is -2.25. The van der Waals surface area contributed by atoms with Gasteiger partial charge < -0.3 is 5.11 Å². The van der Waals surface area contributed by atoms with Crippen molar-refractivity contribution < 1.29 is 40.6 Å². The predicted octanol–water partition coefficient (Wildman–Crippen LogP) is 3.86. The summed E-state index contributed by atoms with van der Waals surface area (Å²) in [4.78, 5) is 24.3. The number of fused-ring (bicyclic) bond motifs is 1. The van der Waals surface area contributed by atoms with Crippen LogP contribution in [0.4, 0.5) is 13.2 Å². The monoisotopic (exact) mass is 476 g/mol. The van der Waals surface area contributed by atoms with E-state index in [4.69, 9.17) is 5.11 Å². The minimum Gasteiger partial charge on any atom is -0.478 e. The van der Waals surface area contributed by atoms with Crippen molar-refractivity contribution in [3.63, 3.8) is 0 Å². The van der Waals surface area contributed by atoms with Crippen molar-refractivity contribution in [2.75, 3.05) is 0 Å². The lowest BCUT2D eigenvalue weighted by molar-refractivity contribution is -0.0541. The molecule has 0 spiro atoms. The zero-order valence-electron chi connectivity index (χ0n) is 16.2. The van der Waals surface area contributed by atoms with Crippen LogP contribution in [0.5, 0.6) is 0 Å². The number of carbonyl (C=O) groups excluding carboxylic acids is 1. The van der Waals surface area contributed by atoms with Crippen LogP contribution in [0.1, 0.15) is 31.8 Å². The molecule has 0 atom stereocenters. The number of carboxylic acids is 1. The summed E-state index contributed by atoms with van der Waals surface area (Å²) in [6.45, 7) is 0. The number of hydrogen-bond acceptors (Lipinski definition) is 7. The molecule has 0 unspecified atom stereocenters. The fraction of sp³-hybridized carbons (Fsp3) is 0.0476. The highest BCUT2D eigenvalue weighted by molar-refractivity contribution is 7.87. The van der Waals surface area contributed by atoms with Gasteiger partial charge in [0.05, 0.1) is 17.2 Å². The lowest BCUT2D eigenvalue weighted by atomic mass is 9.93. The highest BCUT2D eigenvalue weighted by atomic mass is 32.2. The molecular weight excluding hydrogens is 465 g/mol. The van der Waals surface area contributed by atoms with E-state index in [2.05, 4.69) is 9.44 Å². The maximum absolute atomic E-state index is 13.3. The molecule has 0 saturated heterocycles. The van der Waals surface area contributed by atoms with Crippen LogP contribution in [0, 0.1) is 11.3 Å². The van der Waals surface area contributed by atoms with E-state index in [0.717, 1.165) is 24.3 Å². The largest absolute Gasteiger partial charge is 0.536 e. The first-order valence-electron chi connectivity index (χ1n) is 8.84. The van der Waals surface area contributed by atoms with Crippen LogP contribution in [-0.4, -0.2) is 36.5 Å². The number of carboxylic acid groups (broad SMARTS) is 1. The van der Waals surface area contributed by atoms with Crippen LogP contribution in [0.15, 0.2) is 65.8 Å². The predicted molar refractivity (Wildman–Crippen MR) is 109 cm³/mol. The normalized spacial score (nSPS) is 12.2. The van der Waals surface area contributed by atoms with Gasteiger partial charge in [0.2, 0.25) is 5.78 Å². The van der Waals surface area contributed by atoms with Crippen LogP contribution in [-0.2, 0) is 14.4 Å². The van der Waals surface area contributed by atoms with E-state index in [1.807, 2.05) is 6.07 Å². The molecule has 0 amide bonds. The molecule has 0 saturated carbocycles. The second-order valence-electron chi connectivity index (χ2n) is 6.44. The number of alkyl halides is 3. The molecule has 1 N–H and O–H groups in total. The molecular formula is C21H11F3N2O6S. The Bertz CT molecular complexity index is 1440. The first-order chi connectivity index (χ1) is 15.5. The van der Waals surface area contributed by atoms with E-state index >= 15 is 0 Å². The average molecular weight is 476 g/mol. The Morgan fingerprint density at radius 3 is 2.06 bits per heavy atom. The van der Waals surface area contributed by atoms with Gasteiger partial charge in [0.25, 0.3) is 0 Å². The van der Waals surface area contributed by atoms with E-state index in [-0.39, 0.29) is 27.6 Å². The number of benzene rings is 3. The summed E-state index contributed by atoms with van der Waals surface area (Å²) in [6, 6.07) is 14.9. The van der Waals surface area contributed by atoms with Crippen molar-refractivity contribution in [3.8, 4) is 6.07 Å². The average Bonchev–Trinajstić information content (AvgIpc) is 2.77. The Labute approximate surface area is 184 Å². The summed E-state index contributed by atoms with van der Waals surface area (Å²) in [6.07, 6.45) is 0. The highest BCUT2D eigenvalue weighted by Gasteiger charge is 2.49. The van der Waals surface area contributed by atoms with Gasteiger partial charge in [-0.05, 0) is 29.7 Å². The van der Waals surface area contributed by atoms with E-state index in [0.29, 0.717) is 5.39 Å². The van der Waals surface area contributed by atoms with Crippen molar-refractivity contribution >= 4 is 38.4 Å². The summed E-state index contributed by atoms with van der Waals surface area (Å²) >= 11 is 0. The number of oxime groups is 1. The van der Waals surface area contributed by atoms with Gasteiger partial charge >= 0.3 is 21.6 Å². The molecule has 3 aromatic rings. The maximum atomic E-state index is 13.3. The van der Waals surface area contributed by atoms with Crippen molar-refractivity contribution in [3.05, 3.63) is 82.9 Å². The van der Waals surface area contributed by atoms with Crippen LogP contribution < -0.4 is 0 Å². The Balaban J connectivity index is 2.19. The standard InChI is InChI=1S/C21H11F3N2O6S/c22-21(23,24)33(30,31)32-26-18(12-5-7-13(8-6-12)20(28)29)19(27)17-10-9-14(11-25)15-3-1-2-4-16(15)17/h1-10H,(H,28,29)/b26-18+. The summed E-state index contributed by atoms with van der Waals surface area (Å²) < 4.78 is 64.4. The summed E-state index contributed by atoms with van der Waals surface area (Å²) in [7, 11) is -6.17. The maximum Gasteiger partial charge on any atom is 0.536 e. The first kappa shape index (κ1) is 23.4. The molecule has 0 bridgehead atoms. The number of Topliss-reactive ketones (excluding diaryl/α,β-unsaturated/α-hetero) is 1. The third-order valence-electron chi connectivity index (χ3n) is 4.42. The van der Waals surface area contributed by atoms with Crippen molar-refractivity contribution in [2.45, 2.75) is 5.51 Å². The zero-order valence-corrected chi connectivity index (χ0v) is 17.0. The van der Waals surface area contributed by atoms with Gasteiger partial charge in [-0.15, -0.1) is 0 Å². The van der Waals surface area contributed by atoms with Gasteiger partial charge in [0.15, 0.2) is 5.71 Å². The van der Waals surface area contributed by atoms with Gasteiger partial charge in [-0.25, -0.2) is 4.79 Å². The molecule has 0 aliphatic carbocycles. The van der Waals surface area contributed by atoms with E-state index < -0.39 is 33.1 Å². The molecule has 8 nitrogen and oxygen atoms in total. The molecule has 3 aromatic carbocycles. The van der Waals surface area contributed by atoms with Gasteiger partial charge in [0.1, 0.15) is 0 Å². The minimum absolute atomic E-state index is 0.0985. The summed E-state index contributed by atoms with van der Waals surface area (Å²) in [5, 5.41) is 21.9. The quantitative estimate of drug-likeness (QED) is 0.247. The topological polar surface area (TPSA) is 134 Å². The summed E-state index contributed by atoms with van der Waals surface area (Å²) in [5.41, 5.74) is -6.89. The van der Waals surface area contributed by atoms with Crippen LogP contribution in [0.25, 0.3) is 10.8 Å². The molecule has 168 valence electrons. The molecule has 0 aliphatic rings. The third-order valence-corrected chi connectivity index (χ3v) is 5.26. The Morgan fingerprint density at radius 1 is 0.939 bits per heavy atom. The van der Waals surface area contributed by atoms with Gasteiger partial charge in [-0.2, -0.15) is 26.9 Å². The van der Waals surface area contributed by atoms with Crippen molar-refractivity contribution in [1.29, 1.82) is 5.26 Å². The number of hydrogen-bond donors (Lipinski definition) is 1. The number of aromatic carboxylic acids is 1. The molecule has 0 aliphatic heterocycles. The SMILES string of the molecule is N#Cc1ccc(C(=O)/C(=N/OS(=O)(=O)C(F)(F)F)c2ccc(C(=O)O)cc2)c2ccccc12. The number of halogens is 3. The van der Waals surface area contributed by atoms with Gasteiger partial charge in [-0.3, -0.25) is 9.08 Å². The molecule has 0 fully saturated rings. The molecule has 33 heavy (non-hydrogen) atoms. The minimum atomic E-state index is -6.17. The van der Waals surface area contributed by atoms with Crippen LogP contribution >= 0.6 is 0 Å². The van der Waals surface area contributed by atoms with E-state index in [9.17, 15) is 36.4 Å². The van der Waals surface area contributed by atoms with Crippen LogP contribution in [0.3, 0.4) is 0 Å². The molecule has 12 heteroatoms. The Kier molecular flexibility index (Phi) is 6.19. The smallest absolute Gasteiger partial charge is 0.478 e. The second-order valence-corrected chi connectivity index (χ2v) is 7.96. The Morgan fingerprint density at radius 2 is 1.52 bits per heavy atom. The number of carbonyl (C=O) groups is 2. The highest BCUT2D eigenvalue weighted by Crippen LogP contribution is 2.27. The number of ketones is 1. The van der Waals surface area contributed by atoms with Crippen molar-refractivity contribution in [1.82, 2.24) is 0 Å². The third kappa shape index (κ3) is 4.68. The fourth-order valence-electron chi connectivity index (χ4n) is 2.85. The zero-order chi connectivity index (χ0) is 24.4. The number of nitriles is 1. The molecule has 3 rings (SSSR count). The lowest BCUT2D eigenvalue weighted by Gasteiger charge is -2.11. The fourth-order valence-corrected chi connectivity index (χ4v) is 3.10. The van der Waals surface area contributed by atoms with Gasteiger partial charge in [0, 0.05) is 16.5 Å².